The van der Waals surface area contributed by atoms with E-state index in [0.29, 0.717) is 5.92 Å². The predicted octanol–water partition coefficient (Wildman–Crippen LogP) is 3.91. The maximum atomic E-state index is 5.46. The van der Waals surface area contributed by atoms with Crippen LogP contribution in [0.2, 0.25) is 0 Å². The molecular formula is C15H19BrN2O. The van der Waals surface area contributed by atoms with Gasteiger partial charge in [-0.3, -0.25) is 0 Å². The Labute approximate surface area is 122 Å². The Morgan fingerprint density at radius 1 is 1.37 bits per heavy atom. The molecule has 1 aromatic heterocycles. The molecule has 0 fully saturated rings. The number of aromatic nitrogens is 2. The summed E-state index contributed by atoms with van der Waals surface area (Å²) in [5.74, 6) is 1.44. The van der Waals surface area contributed by atoms with Crippen molar-refractivity contribution in [3.8, 4) is 5.75 Å². The number of ether oxygens (including phenoxy) is 1. The first-order valence-corrected chi connectivity index (χ1v) is 7.14. The van der Waals surface area contributed by atoms with Crippen LogP contribution in [0.3, 0.4) is 0 Å². The fourth-order valence-corrected chi connectivity index (χ4v) is 2.61. The third kappa shape index (κ3) is 3.00. The van der Waals surface area contributed by atoms with Gasteiger partial charge in [0.1, 0.15) is 10.4 Å². The lowest BCUT2D eigenvalue weighted by atomic mass is 9.98. The quantitative estimate of drug-likeness (QED) is 0.853. The van der Waals surface area contributed by atoms with E-state index in [2.05, 4.69) is 53.0 Å². The standard InChI is InChI=1S/C15H19BrN2O/c1-10(2)11-5-6-14(19-4)12(7-11)8-13-15(16)17-9-18(13)3/h5-7,9-10H,8H2,1-4H3. The van der Waals surface area contributed by atoms with Gasteiger partial charge in [0.15, 0.2) is 0 Å². The van der Waals surface area contributed by atoms with Crippen molar-refractivity contribution in [1.82, 2.24) is 9.55 Å². The van der Waals surface area contributed by atoms with Crippen molar-refractivity contribution in [2.45, 2.75) is 26.2 Å². The highest BCUT2D eigenvalue weighted by atomic mass is 79.9. The summed E-state index contributed by atoms with van der Waals surface area (Å²) in [6.07, 6.45) is 2.62. The van der Waals surface area contributed by atoms with Crippen LogP contribution in [0.4, 0.5) is 0 Å². The molecule has 2 aromatic rings. The number of hydrogen-bond acceptors (Lipinski definition) is 2. The molecule has 0 amide bonds. The van der Waals surface area contributed by atoms with Crippen molar-refractivity contribution in [3.63, 3.8) is 0 Å². The lowest BCUT2D eigenvalue weighted by molar-refractivity contribution is 0.410. The summed E-state index contributed by atoms with van der Waals surface area (Å²) in [5.41, 5.74) is 3.67. The van der Waals surface area contributed by atoms with Gasteiger partial charge < -0.3 is 9.30 Å². The minimum atomic E-state index is 0.514. The average molecular weight is 323 g/mol. The zero-order valence-electron chi connectivity index (χ0n) is 11.8. The van der Waals surface area contributed by atoms with E-state index < -0.39 is 0 Å². The smallest absolute Gasteiger partial charge is 0.127 e. The Bertz CT molecular complexity index is 556. The highest BCUT2D eigenvalue weighted by molar-refractivity contribution is 9.10. The van der Waals surface area contributed by atoms with Gasteiger partial charge in [0.2, 0.25) is 0 Å². The molecule has 0 aliphatic heterocycles. The second kappa shape index (κ2) is 5.78. The van der Waals surface area contributed by atoms with Gasteiger partial charge >= 0.3 is 0 Å². The zero-order valence-corrected chi connectivity index (χ0v) is 13.4. The van der Waals surface area contributed by atoms with Crippen molar-refractivity contribution in [3.05, 3.63) is 46.0 Å². The molecule has 0 saturated carbocycles. The summed E-state index contributed by atoms with van der Waals surface area (Å²) in [5, 5.41) is 0. The number of methoxy groups -OCH3 is 1. The number of halogens is 1. The molecule has 0 spiro atoms. The molecule has 2 rings (SSSR count). The SMILES string of the molecule is COc1ccc(C(C)C)cc1Cc1c(Br)ncn1C. The second-order valence-electron chi connectivity index (χ2n) is 5.00. The molecule has 0 bridgehead atoms. The van der Waals surface area contributed by atoms with Gasteiger partial charge in [-0.2, -0.15) is 0 Å². The molecule has 0 atom stereocenters. The van der Waals surface area contributed by atoms with E-state index in [1.807, 2.05) is 17.9 Å². The molecular weight excluding hydrogens is 304 g/mol. The number of aryl methyl sites for hydroxylation is 1. The van der Waals surface area contributed by atoms with Gasteiger partial charge in [-0.1, -0.05) is 26.0 Å². The number of imidazole rings is 1. The second-order valence-corrected chi connectivity index (χ2v) is 5.75. The van der Waals surface area contributed by atoms with E-state index in [1.165, 1.54) is 11.1 Å². The lowest BCUT2D eigenvalue weighted by Crippen LogP contribution is -2.01. The summed E-state index contributed by atoms with van der Waals surface area (Å²) >= 11 is 3.50. The molecule has 0 saturated heterocycles. The van der Waals surface area contributed by atoms with Crippen molar-refractivity contribution >= 4 is 15.9 Å². The number of rotatable bonds is 4. The van der Waals surface area contributed by atoms with E-state index >= 15 is 0 Å². The molecule has 4 heteroatoms. The highest BCUT2D eigenvalue weighted by Gasteiger charge is 2.12. The van der Waals surface area contributed by atoms with Gasteiger partial charge in [0.05, 0.1) is 19.1 Å². The number of benzene rings is 1. The normalized spacial score (nSPS) is 11.1. The number of nitrogens with zero attached hydrogens (tertiary/aromatic N) is 2. The van der Waals surface area contributed by atoms with Crippen LogP contribution in [-0.2, 0) is 13.5 Å². The largest absolute Gasteiger partial charge is 0.496 e. The first-order valence-electron chi connectivity index (χ1n) is 6.35. The molecule has 3 nitrogen and oxygen atoms in total. The Balaban J connectivity index is 2.40. The fraction of sp³-hybridized carbons (Fsp3) is 0.400. The fourth-order valence-electron chi connectivity index (χ4n) is 2.10. The Morgan fingerprint density at radius 2 is 2.11 bits per heavy atom. The monoisotopic (exact) mass is 322 g/mol. The predicted molar refractivity (Wildman–Crippen MR) is 80.8 cm³/mol. The molecule has 102 valence electrons. The Kier molecular flexibility index (Phi) is 4.30. The van der Waals surface area contributed by atoms with E-state index in [-0.39, 0.29) is 0 Å². The third-order valence-electron chi connectivity index (χ3n) is 3.34. The molecule has 0 radical (unpaired) electrons. The molecule has 0 aliphatic rings. The highest BCUT2D eigenvalue weighted by Crippen LogP contribution is 2.28. The van der Waals surface area contributed by atoms with Crippen LogP contribution in [-0.4, -0.2) is 16.7 Å². The van der Waals surface area contributed by atoms with Crippen LogP contribution in [0.1, 0.15) is 36.6 Å². The Hall–Kier alpha value is -1.29. The van der Waals surface area contributed by atoms with Gasteiger partial charge in [0, 0.05) is 19.0 Å². The zero-order chi connectivity index (χ0) is 14.0. The van der Waals surface area contributed by atoms with Gasteiger partial charge in [-0.25, -0.2) is 4.98 Å². The third-order valence-corrected chi connectivity index (χ3v) is 4.00. The van der Waals surface area contributed by atoms with Crippen LogP contribution in [0.25, 0.3) is 0 Å². The minimum Gasteiger partial charge on any atom is -0.496 e. The van der Waals surface area contributed by atoms with Crippen LogP contribution >= 0.6 is 15.9 Å². The van der Waals surface area contributed by atoms with Crippen LogP contribution in [0.5, 0.6) is 5.75 Å². The molecule has 0 N–H and O–H groups in total. The molecule has 1 aromatic carbocycles. The van der Waals surface area contributed by atoms with Crippen molar-refractivity contribution in [1.29, 1.82) is 0 Å². The van der Waals surface area contributed by atoms with E-state index in [0.717, 1.165) is 22.5 Å². The van der Waals surface area contributed by atoms with Crippen molar-refractivity contribution < 1.29 is 4.74 Å². The van der Waals surface area contributed by atoms with Gasteiger partial charge in [-0.15, -0.1) is 0 Å². The molecule has 0 aliphatic carbocycles. The summed E-state index contributed by atoms with van der Waals surface area (Å²) in [7, 11) is 3.72. The summed E-state index contributed by atoms with van der Waals surface area (Å²) < 4.78 is 8.39. The summed E-state index contributed by atoms with van der Waals surface area (Å²) in [6.45, 7) is 4.40. The van der Waals surface area contributed by atoms with E-state index in [4.69, 9.17) is 4.74 Å². The molecule has 1 heterocycles. The topological polar surface area (TPSA) is 27.1 Å². The summed E-state index contributed by atoms with van der Waals surface area (Å²) in [6, 6.07) is 6.41. The van der Waals surface area contributed by atoms with E-state index in [9.17, 15) is 0 Å². The van der Waals surface area contributed by atoms with E-state index in [1.54, 1.807) is 7.11 Å². The van der Waals surface area contributed by atoms with Crippen LogP contribution < -0.4 is 4.74 Å². The molecule has 0 unspecified atom stereocenters. The Morgan fingerprint density at radius 3 is 2.63 bits per heavy atom. The number of hydrogen-bond donors (Lipinski definition) is 0. The molecule has 19 heavy (non-hydrogen) atoms. The van der Waals surface area contributed by atoms with Gasteiger partial charge in [-0.05, 0) is 33.5 Å². The average Bonchev–Trinajstić information content (AvgIpc) is 2.70. The summed E-state index contributed by atoms with van der Waals surface area (Å²) in [4.78, 5) is 4.26. The van der Waals surface area contributed by atoms with Crippen LogP contribution in [0.15, 0.2) is 29.1 Å². The maximum Gasteiger partial charge on any atom is 0.127 e. The van der Waals surface area contributed by atoms with Crippen LogP contribution in [0, 0.1) is 0 Å². The van der Waals surface area contributed by atoms with Gasteiger partial charge in [0.25, 0.3) is 0 Å². The first kappa shape index (κ1) is 14.1. The lowest BCUT2D eigenvalue weighted by Gasteiger charge is -2.13. The van der Waals surface area contributed by atoms with Crippen molar-refractivity contribution in [2.75, 3.05) is 7.11 Å². The minimum absolute atomic E-state index is 0.514. The first-order chi connectivity index (χ1) is 9.02. The maximum absolute atomic E-state index is 5.46. The van der Waals surface area contributed by atoms with Crippen molar-refractivity contribution in [2.24, 2.45) is 7.05 Å².